The molecular weight excluding hydrogens is 661 g/mol. The van der Waals surface area contributed by atoms with Crippen LogP contribution in [0.5, 0.6) is 0 Å². The lowest BCUT2D eigenvalue weighted by molar-refractivity contribution is 0.563. The molecule has 8 aromatic rings. The Hall–Kier alpha value is -6.24. The smallest absolute Gasteiger partial charge is 0.0218 e. The molecule has 8 aromatic carbocycles. The average molecular weight is 709 g/mol. The first-order chi connectivity index (χ1) is 26.8. The molecule has 0 aliphatic carbocycles. The van der Waals surface area contributed by atoms with Gasteiger partial charge < -0.3 is 0 Å². The Balaban J connectivity index is 1.34. The summed E-state index contributed by atoms with van der Waals surface area (Å²) in [5.41, 5.74) is 21.5. The van der Waals surface area contributed by atoms with Crippen molar-refractivity contribution < 1.29 is 0 Å². The largest absolute Gasteiger partial charge is 0.0622 e. The molecule has 0 fully saturated rings. The normalized spacial score (nSPS) is 12.3. The molecule has 0 aliphatic rings. The van der Waals surface area contributed by atoms with Crippen molar-refractivity contribution >= 4 is 0 Å². The zero-order valence-electron chi connectivity index (χ0n) is 32.6. The Morgan fingerprint density at radius 3 is 1.42 bits per heavy atom. The van der Waals surface area contributed by atoms with Crippen molar-refractivity contribution in [1.82, 2.24) is 0 Å². The minimum absolute atomic E-state index is 0.362. The van der Waals surface area contributed by atoms with Gasteiger partial charge in [0.25, 0.3) is 0 Å². The Kier molecular flexibility index (Phi) is 9.92. The second-order valence-corrected chi connectivity index (χ2v) is 15.3. The average Bonchev–Trinajstić information content (AvgIpc) is 3.23. The van der Waals surface area contributed by atoms with E-state index in [0.29, 0.717) is 0 Å². The molecule has 1 unspecified atom stereocenters. The molecule has 0 heteroatoms. The van der Waals surface area contributed by atoms with E-state index in [1.807, 2.05) is 0 Å². The highest BCUT2D eigenvalue weighted by molar-refractivity contribution is 5.81. The van der Waals surface area contributed by atoms with E-state index in [0.717, 1.165) is 6.42 Å². The van der Waals surface area contributed by atoms with Crippen LogP contribution in [0.25, 0.3) is 55.6 Å². The van der Waals surface area contributed by atoms with Gasteiger partial charge in [0.15, 0.2) is 0 Å². The monoisotopic (exact) mass is 708 g/mol. The van der Waals surface area contributed by atoms with Crippen LogP contribution in [0.2, 0.25) is 0 Å². The van der Waals surface area contributed by atoms with Crippen LogP contribution < -0.4 is 0 Å². The molecule has 0 aliphatic heterocycles. The van der Waals surface area contributed by atoms with Gasteiger partial charge in [0.1, 0.15) is 0 Å². The van der Waals surface area contributed by atoms with Crippen LogP contribution in [0.1, 0.15) is 45.9 Å². The van der Waals surface area contributed by atoms with Gasteiger partial charge in [-0.25, -0.2) is 0 Å². The van der Waals surface area contributed by atoms with Gasteiger partial charge in [-0.15, -0.1) is 0 Å². The van der Waals surface area contributed by atoms with Crippen molar-refractivity contribution in [2.45, 2.75) is 46.5 Å². The van der Waals surface area contributed by atoms with Gasteiger partial charge in [0, 0.05) is 5.41 Å². The number of hydrogen-bond acceptors (Lipinski definition) is 0. The molecule has 0 amide bonds. The van der Waals surface area contributed by atoms with Gasteiger partial charge in [-0.2, -0.15) is 0 Å². The lowest BCUT2D eigenvalue weighted by Crippen LogP contribution is -2.28. The summed E-state index contributed by atoms with van der Waals surface area (Å²) in [6.45, 7) is 11.6. The van der Waals surface area contributed by atoms with Gasteiger partial charge in [-0.05, 0) is 135 Å². The second-order valence-electron chi connectivity index (χ2n) is 15.3. The standard InChI is InChI=1S/C55H48/c1-38-18-12-14-28-49(38)51-31-32-52(50-29-15-13-19-39(50)2)53(41(51)4)37-55(5,54-33-30-47(34-40(54)3)43-22-10-7-11-23-43)48-27-17-26-46(36-48)45-25-16-24-44(35-45)42-20-8-6-9-21-42/h6-36H,37H2,1-5H3. The second kappa shape index (κ2) is 15.2. The van der Waals surface area contributed by atoms with E-state index in [1.54, 1.807) is 0 Å². The summed E-state index contributed by atoms with van der Waals surface area (Å²) in [7, 11) is 0. The fourth-order valence-corrected chi connectivity index (χ4v) is 8.63. The van der Waals surface area contributed by atoms with E-state index in [1.165, 1.54) is 94.6 Å². The third-order valence-electron chi connectivity index (χ3n) is 11.7. The summed E-state index contributed by atoms with van der Waals surface area (Å²) in [6.07, 6.45) is 0.835. The van der Waals surface area contributed by atoms with E-state index in [-0.39, 0.29) is 5.41 Å². The summed E-state index contributed by atoms with van der Waals surface area (Å²) in [4.78, 5) is 0. The van der Waals surface area contributed by atoms with E-state index in [2.05, 4.69) is 223 Å². The Morgan fingerprint density at radius 1 is 0.345 bits per heavy atom. The molecule has 0 saturated heterocycles. The molecule has 0 saturated carbocycles. The lowest BCUT2D eigenvalue weighted by atomic mass is 9.68. The maximum Gasteiger partial charge on any atom is 0.0218 e. The summed E-state index contributed by atoms with van der Waals surface area (Å²) in [5.74, 6) is 0. The number of aryl methyl sites for hydroxylation is 3. The molecule has 55 heavy (non-hydrogen) atoms. The lowest BCUT2D eigenvalue weighted by Gasteiger charge is -2.35. The summed E-state index contributed by atoms with van der Waals surface area (Å²) < 4.78 is 0. The third kappa shape index (κ3) is 7.09. The first-order valence-electron chi connectivity index (χ1n) is 19.5. The quantitative estimate of drug-likeness (QED) is 0.140. The van der Waals surface area contributed by atoms with E-state index < -0.39 is 0 Å². The molecule has 0 aromatic heterocycles. The summed E-state index contributed by atoms with van der Waals surface area (Å²) >= 11 is 0. The van der Waals surface area contributed by atoms with Gasteiger partial charge in [-0.3, -0.25) is 0 Å². The molecule has 1 atom stereocenters. The van der Waals surface area contributed by atoms with Crippen LogP contribution in [0.4, 0.5) is 0 Å². The minimum Gasteiger partial charge on any atom is -0.0622 e. The SMILES string of the molecule is Cc1ccccc1-c1ccc(-c2ccccc2C)c(CC(C)(c2cccc(-c3cccc(-c4ccccc4)c3)c2)c2ccc(-c3ccccc3)cc2C)c1C. The van der Waals surface area contributed by atoms with Gasteiger partial charge in [0.05, 0.1) is 0 Å². The zero-order chi connectivity index (χ0) is 37.9. The highest BCUT2D eigenvalue weighted by Gasteiger charge is 2.33. The Morgan fingerprint density at radius 2 is 0.818 bits per heavy atom. The summed E-state index contributed by atoms with van der Waals surface area (Å²) in [5, 5.41) is 0. The minimum atomic E-state index is -0.362. The highest BCUT2D eigenvalue weighted by Crippen LogP contribution is 2.45. The van der Waals surface area contributed by atoms with Gasteiger partial charge in [-0.1, -0.05) is 189 Å². The maximum atomic E-state index is 2.47. The van der Waals surface area contributed by atoms with Crippen molar-refractivity contribution in [3.8, 4) is 55.6 Å². The molecule has 0 N–H and O–H groups in total. The van der Waals surface area contributed by atoms with Crippen LogP contribution in [0.3, 0.4) is 0 Å². The van der Waals surface area contributed by atoms with Crippen molar-refractivity contribution in [1.29, 1.82) is 0 Å². The molecule has 268 valence electrons. The molecule has 0 bridgehead atoms. The molecule has 8 rings (SSSR count). The first-order valence-corrected chi connectivity index (χ1v) is 19.5. The summed E-state index contributed by atoms with van der Waals surface area (Å²) in [6, 6.07) is 69.2. The van der Waals surface area contributed by atoms with Crippen LogP contribution in [-0.2, 0) is 11.8 Å². The number of rotatable bonds is 9. The number of hydrogen-bond donors (Lipinski definition) is 0. The van der Waals surface area contributed by atoms with E-state index >= 15 is 0 Å². The van der Waals surface area contributed by atoms with Crippen molar-refractivity contribution in [2.24, 2.45) is 0 Å². The molecule has 0 radical (unpaired) electrons. The van der Waals surface area contributed by atoms with Crippen molar-refractivity contribution in [3.05, 3.63) is 227 Å². The molecular formula is C55H48. The fourth-order valence-electron chi connectivity index (χ4n) is 8.63. The van der Waals surface area contributed by atoms with Crippen LogP contribution in [0, 0.1) is 27.7 Å². The highest BCUT2D eigenvalue weighted by atomic mass is 14.4. The topological polar surface area (TPSA) is 0 Å². The predicted molar refractivity (Wildman–Crippen MR) is 236 cm³/mol. The van der Waals surface area contributed by atoms with E-state index in [9.17, 15) is 0 Å². The van der Waals surface area contributed by atoms with Crippen LogP contribution in [0.15, 0.2) is 188 Å². The molecule has 0 heterocycles. The Labute approximate surface area is 327 Å². The predicted octanol–water partition coefficient (Wildman–Crippen LogP) is 14.8. The van der Waals surface area contributed by atoms with Gasteiger partial charge >= 0.3 is 0 Å². The maximum absolute atomic E-state index is 2.47. The Bertz CT molecular complexity index is 2610. The van der Waals surface area contributed by atoms with Crippen molar-refractivity contribution in [2.75, 3.05) is 0 Å². The molecule has 0 nitrogen and oxygen atoms in total. The van der Waals surface area contributed by atoms with Crippen LogP contribution in [-0.4, -0.2) is 0 Å². The first kappa shape index (κ1) is 35.8. The fraction of sp³-hybridized carbons (Fsp3) is 0.127. The van der Waals surface area contributed by atoms with Crippen LogP contribution >= 0.6 is 0 Å². The van der Waals surface area contributed by atoms with Crippen molar-refractivity contribution in [3.63, 3.8) is 0 Å². The zero-order valence-corrected chi connectivity index (χ0v) is 32.6. The van der Waals surface area contributed by atoms with Gasteiger partial charge in [0.2, 0.25) is 0 Å². The third-order valence-corrected chi connectivity index (χ3v) is 11.7. The van der Waals surface area contributed by atoms with E-state index in [4.69, 9.17) is 0 Å². The molecule has 0 spiro atoms. The number of benzene rings is 8.